The first-order valence-corrected chi connectivity index (χ1v) is 11.3. The Labute approximate surface area is 185 Å². The van der Waals surface area contributed by atoms with Gasteiger partial charge in [-0.2, -0.15) is 0 Å². The molecule has 1 aromatic heterocycles. The number of ether oxygens (including phenoxy) is 1. The summed E-state index contributed by atoms with van der Waals surface area (Å²) < 4.78 is 6.12. The van der Waals surface area contributed by atoms with Crippen molar-refractivity contribution in [3.63, 3.8) is 0 Å². The van der Waals surface area contributed by atoms with E-state index in [9.17, 15) is 4.79 Å². The van der Waals surface area contributed by atoms with Gasteiger partial charge in [0.1, 0.15) is 5.75 Å². The fourth-order valence-electron chi connectivity index (χ4n) is 3.96. The minimum absolute atomic E-state index is 0.00501. The Balaban J connectivity index is 1.36. The Bertz CT molecular complexity index is 1050. The van der Waals surface area contributed by atoms with Gasteiger partial charge in [0, 0.05) is 48.2 Å². The number of amides is 2. The number of para-hydroxylation sites is 1. The van der Waals surface area contributed by atoms with Gasteiger partial charge in [-0.1, -0.05) is 35.9 Å². The summed E-state index contributed by atoms with van der Waals surface area (Å²) in [5.74, 6) is 1.42. The van der Waals surface area contributed by atoms with Crippen LogP contribution in [0.25, 0.3) is 0 Å². The lowest BCUT2D eigenvalue weighted by molar-refractivity contribution is 0.139. The van der Waals surface area contributed by atoms with E-state index in [0.717, 1.165) is 30.9 Å². The molecule has 2 amide bonds. The van der Waals surface area contributed by atoms with Crippen molar-refractivity contribution in [3.05, 3.63) is 75.4 Å². The van der Waals surface area contributed by atoms with Crippen LogP contribution in [0.1, 0.15) is 10.4 Å². The number of carbonyl (C=O) groups is 1. The van der Waals surface area contributed by atoms with Crippen molar-refractivity contribution < 1.29 is 9.53 Å². The Hall–Kier alpha value is -2.54. The summed E-state index contributed by atoms with van der Waals surface area (Å²) in [5, 5.41) is 2.69. The van der Waals surface area contributed by atoms with E-state index in [1.165, 1.54) is 4.88 Å². The van der Waals surface area contributed by atoms with E-state index in [-0.39, 0.29) is 6.03 Å². The van der Waals surface area contributed by atoms with E-state index < -0.39 is 0 Å². The van der Waals surface area contributed by atoms with Gasteiger partial charge in [0.2, 0.25) is 0 Å². The molecule has 2 aliphatic rings. The fourth-order valence-corrected chi connectivity index (χ4v) is 4.87. The summed E-state index contributed by atoms with van der Waals surface area (Å²) in [7, 11) is 0. The van der Waals surface area contributed by atoms with Gasteiger partial charge in [0.05, 0.1) is 12.2 Å². The molecule has 2 aromatic carbocycles. The Morgan fingerprint density at radius 2 is 1.83 bits per heavy atom. The van der Waals surface area contributed by atoms with Crippen LogP contribution in [-0.2, 0) is 13.1 Å². The summed E-state index contributed by atoms with van der Waals surface area (Å²) in [4.78, 5) is 21.0. The molecule has 0 atom stereocenters. The molecule has 0 saturated carbocycles. The number of carbonyl (C=O) groups excluding carboxylic acids is 1. The lowest BCUT2D eigenvalue weighted by atomic mass is 10.2. The van der Waals surface area contributed by atoms with Gasteiger partial charge in [0.15, 0.2) is 5.75 Å². The van der Waals surface area contributed by atoms with Crippen molar-refractivity contribution in [2.24, 2.45) is 0 Å². The van der Waals surface area contributed by atoms with Gasteiger partial charge in [0.25, 0.3) is 0 Å². The first-order valence-electron chi connectivity index (χ1n) is 10.0. The first-order chi connectivity index (χ1) is 14.7. The molecule has 0 aliphatic carbocycles. The Morgan fingerprint density at radius 1 is 1.00 bits per heavy atom. The number of thiophene rings is 1. The quantitative estimate of drug-likeness (QED) is 0.532. The number of urea groups is 1. The van der Waals surface area contributed by atoms with Gasteiger partial charge in [-0.25, -0.2) is 4.79 Å². The second kappa shape index (κ2) is 8.30. The van der Waals surface area contributed by atoms with Crippen LogP contribution < -0.4 is 9.64 Å². The van der Waals surface area contributed by atoms with Crippen molar-refractivity contribution in [3.8, 4) is 11.5 Å². The Morgan fingerprint density at radius 3 is 2.63 bits per heavy atom. The molecule has 2 aliphatic heterocycles. The summed E-state index contributed by atoms with van der Waals surface area (Å²) in [6, 6.07) is 17.5. The van der Waals surface area contributed by atoms with Crippen molar-refractivity contribution >= 4 is 34.7 Å². The largest absolute Gasteiger partial charge is 0.455 e. The molecular formula is C23H22ClN3O2S. The SMILES string of the molecule is O=C(N1CCN(Cc2cccs2)CC1)N1Cc2ccccc2Oc2ccc(Cl)cc21. The maximum Gasteiger partial charge on any atom is 0.325 e. The highest BCUT2D eigenvalue weighted by atomic mass is 35.5. The van der Waals surface area contributed by atoms with Gasteiger partial charge < -0.3 is 9.64 Å². The lowest BCUT2D eigenvalue weighted by Crippen LogP contribution is -2.52. The third-order valence-corrected chi connectivity index (χ3v) is 6.66. The molecular weight excluding hydrogens is 418 g/mol. The van der Waals surface area contributed by atoms with Crippen LogP contribution in [-0.4, -0.2) is 42.0 Å². The maximum absolute atomic E-state index is 13.6. The van der Waals surface area contributed by atoms with Crippen molar-refractivity contribution in [2.75, 3.05) is 31.1 Å². The summed E-state index contributed by atoms with van der Waals surface area (Å²) >= 11 is 8.05. The summed E-state index contributed by atoms with van der Waals surface area (Å²) in [6.07, 6.45) is 0. The van der Waals surface area contributed by atoms with Crippen LogP contribution in [0.2, 0.25) is 5.02 Å². The highest BCUT2D eigenvalue weighted by molar-refractivity contribution is 7.09. The predicted molar refractivity (Wildman–Crippen MR) is 121 cm³/mol. The molecule has 154 valence electrons. The van der Waals surface area contributed by atoms with Crippen LogP contribution in [0.5, 0.6) is 11.5 Å². The standard InChI is InChI=1S/C23H22ClN3O2S/c24-18-7-8-22-20(14-18)27(15-17-4-1-2-6-21(17)29-22)23(28)26-11-9-25(10-12-26)16-19-5-3-13-30-19/h1-8,13-14H,9-12,15-16H2. The average molecular weight is 440 g/mol. The molecule has 3 aromatic rings. The number of hydrogen-bond acceptors (Lipinski definition) is 4. The minimum Gasteiger partial charge on any atom is -0.455 e. The molecule has 0 N–H and O–H groups in total. The molecule has 0 bridgehead atoms. The van der Waals surface area contributed by atoms with Crippen molar-refractivity contribution in [1.29, 1.82) is 0 Å². The van der Waals surface area contributed by atoms with Crippen molar-refractivity contribution in [1.82, 2.24) is 9.80 Å². The predicted octanol–water partition coefficient (Wildman–Crippen LogP) is 5.45. The zero-order valence-electron chi connectivity index (χ0n) is 16.5. The number of piperazine rings is 1. The smallest absolute Gasteiger partial charge is 0.325 e. The number of anilines is 1. The van der Waals surface area contributed by atoms with Gasteiger partial charge in [-0.15, -0.1) is 11.3 Å². The summed E-state index contributed by atoms with van der Waals surface area (Å²) in [5.41, 5.74) is 1.69. The lowest BCUT2D eigenvalue weighted by Gasteiger charge is -2.37. The van der Waals surface area contributed by atoms with E-state index in [1.807, 2.05) is 41.3 Å². The maximum atomic E-state index is 13.6. The van der Waals surface area contributed by atoms with Gasteiger partial charge >= 0.3 is 6.03 Å². The molecule has 1 fully saturated rings. The number of rotatable bonds is 2. The zero-order chi connectivity index (χ0) is 20.5. The topological polar surface area (TPSA) is 36.0 Å². The second-order valence-electron chi connectivity index (χ2n) is 7.53. The first kappa shape index (κ1) is 19.4. The van der Waals surface area contributed by atoms with Crippen LogP contribution in [0, 0.1) is 0 Å². The monoisotopic (exact) mass is 439 g/mol. The van der Waals surface area contributed by atoms with Gasteiger partial charge in [-0.3, -0.25) is 9.80 Å². The van der Waals surface area contributed by atoms with Crippen LogP contribution in [0.15, 0.2) is 60.0 Å². The highest BCUT2D eigenvalue weighted by Crippen LogP contribution is 2.40. The molecule has 0 unspecified atom stereocenters. The molecule has 5 nitrogen and oxygen atoms in total. The molecule has 7 heteroatoms. The number of benzene rings is 2. The molecule has 1 saturated heterocycles. The molecule has 3 heterocycles. The van der Waals surface area contributed by atoms with Crippen LogP contribution >= 0.6 is 22.9 Å². The molecule has 0 spiro atoms. The summed E-state index contributed by atoms with van der Waals surface area (Å²) in [6.45, 7) is 4.55. The highest BCUT2D eigenvalue weighted by Gasteiger charge is 2.30. The second-order valence-corrected chi connectivity index (χ2v) is 9.00. The third kappa shape index (κ3) is 3.90. The number of nitrogens with zero attached hydrogens (tertiary/aromatic N) is 3. The number of fused-ring (bicyclic) bond motifs is 2. The number of halogens is 1. The van der Waals surface area contributed by atoms with Crippen molar-refractivity contribution in [2.45, 2.75) is 13.1 Å². The fraction of sp³-hybridized carbons (Fsp3) is 0.261. The van der Waals surface area contributed by atoms with E-state index in [4.69, 9.17) is 16.3 Å². The number of hydrogen-bond donors (Lipinski definition) is 0. The molecule has 30 heavy (non-hydrogen) atoms. The zero-order valence-corrected chi connectivity index (χ0v) is 18.0. The average Bonchev–Trinajstić information content (AvgIpc) is 3.21. The van der Waals surface area contributed by atoms with E-state index in [2.05, 4.69) is 22.4 Å². The van der Waals surface area contributed by atoms with E-state index in [0.29, 0.717) is 36.1 Å². The third-order valence-electron chi connectivity index (χ3n) is 5.57. The van der Waals surface area contributed by atoms with Gasteiger partial charge in [-0.05, 0) is 35.7 Å². The van der Waals surface area contributed by atoms with Crippen LogP contribution in [0.3, 0.4) is 0 Å². The molecule has 5 rings (SSSR count). The minimum atomic E-state index is -0.00501. The van der Waals surface area contributed by atoms with E-state index >= 15 is 0 Å². The van der Waals surface area contributed by atoms with E-state index in [1.54, 1.807) is 22.3 Å². The molecule has 0 radical (unpaired) electrons. The van der Waals surface area contributed by atoms with Crippen LogP contribution in [0.4, 0.5) is 10.5 Å². The normalized spacial score (nSPS) is 16.4. The Kier molecular flexibility index (Phi) is 5.37.